The molecule has 0 saturated heterocycles. The van der Waals surface area contributed by atoms with E-state index < -0.39 is 0 Å². The number of carbonyl (C=O) groups is 1. The Morgan fingerprint density at radius 1 is 1.33 bits per heavy atom. The Balaban J connectivity index is 1.91. The second-order valence-electron chi connectivity index (χ2n) is 4.69. The van der Waals surface area contributed by atoms with Gasteiger partial charge < -0.3 is 5.32 Å². The largest absolute Gasteiger partial charge is 0.329 e. The summed E-state index contributed by atoms with van der Waals surface area (Å²) in [7, 11) is 0. The Morgan fingerprint density at radius 3 is 2.67 bits per heavy atom. The number of nitrogens with zero attached hydrogens (tertiary/aromatic N) is 3. The fraction of sp³-hybridized carbons (Fsp3) is 0.357. The Kier molecular flexibility index (Phi) is 3.83. The van der Waals surface area contributed by atoms with Gasteiger partial charge in [0.2, 0.25) is 5.91 Å². The SMILES string of the molecule is CCn1c(=O)n(CC(=O)NC2=NCCS2)c2ccccc21. The first-order valence-electron chi connectivity index (χ1n) is 6.86. The minimum atomic E-state index is -0.218. The number of aryl methyl sites for hydroxylation is 1. The fourth-order valence-corrected chi connectivity index (χ4v) is 3.19. The number of para-hydroxylation sites is 2. The molecular weight excluding hydrogens is 288 g/mol. The number of aliphatic imine (C=N–C) groups is 1. The number of amides is 1. The lowest BCUT2D eigenvalue weighted by Gasteiger charge is -2.05. The number of amidine groups is 1. The van der Waals surface area contributed by atoms with Gasteiger partial charge in [0.25, 0.3) is 0 Å². The highest BCUT2D eigenvalue weighted by molar-refractivity contribution is 8.14. The molecule has 0 aliphatic carbocycles. The normalized spacial score (nSPS) is 14.4. The molecule has 110 valence electrons. The molecule has 1 aliphatic rings. The van der Waals surface area contributed by atoms with Gasteiger partial charge in [-0.2, -0.15) is 0 Å². The van der Waals surface area contributed by atoms with Crippen molar-refractivity contribution >= 4 is 33.9 Å². The molecule has 1 amide bonds. The van der Waals surface area contributed by atoms with Gasteiger partial charge in [-0.1, -0.05) is 23.9 Å². The van der Waals surface area contributed by atoms with Gasteiger partial charge in [-0.15, -0.1) is 0 Å². The summed E-state index contributed by atoms with van der Waals surface area (Å²) in [5, 5.41) is 3.40. The van der Waals surface area contributed by atoms with Crippen molar-refractivity contribution in [2.75, 3.05) is 12.3 Å². The van der Waals surface area contributed by atoms with Crippen LogP contribution >= 0.6 is 11.8 Å². The van der Waals surface area contributed by atoms with E-state index in [9.17, 15) is 9.59 Å². The average molecular weight is 304 g/mol. The Bertz CT molecular complexity index is 775. The summed E-state index contributed by atoms with van der Waals surface area (Å²) in [5.74, 6) is 0.675. The van der Waals surface area contributed by atoms with E-state index in [0.29, 0.717) is 11.7 Å². The van der Waals surface area contributed by atoms with Crippen LogP contribution in [0.2, 0.25) is 0 Å². The molecule has 0 bridgehead atoms. The fourth-order valence-electron chi connectivity index (χ4n) is 2.44. The number of nitrogens with one attached hydrogen (secondary N) is 1. The van der Waals surface area contributed by atoms with E-state index in [-0.39, 0.29) is 18.1 Å². The van der Waals surface area contributed by atoms with Gasteiger partial charge in [0, 0.05) is 12.3 Å². The summed E-state index contributed by atoms with van der Waals surface area (Å²) in [6.45, 7) is 3.24. The van der Waals surface area contributed by atoms with E-state index >= 15 is 0 Å². The van der Waals surface area contributed by atoms with Crippen LogP contribution < -0.4 is 11.0 Å². The molecule has 3 rings (SSSR count). The second kappa shape index (κ2) is 5.77. The van der Waals surface area contributed by atoms with Crippen molar-refractivity contribution in [2.24, 2.45) is 4.99 Å². The zero-order chi connectivity index (χ0) is 14.8. The molecule has 0 unspecified atom stereocenters. The molecule has 6 nitrogen and oxygen atoms in total. The first-order valence-corrected chi connectivity index (χ1v) is 7.84. The third-order valence-corrected chi connectivity index (χ3v) is 4.27. The Labute approximate surface area is 125 Å². The van der Waals surface area contributed by atoms with Crippen molar-refractivity contribution in [3.8, 4) is 0 Å². The second-order valence-corrected chi connectivity index (χ2v) is 5.77. The van der Waals surface area contributed by atoms with Crippen LogP contribution in [0.4, 0.5) is 0 Å². The molecule has 21 heavy (non-hydrogen) atoms. The molecule has 2 heterocycles. The van der Waals surface area contributed by atoms with Crippen molar-refractivity contribution in [1.29, 1.82) is 0 Å². The van der Waals surface area contributed by atoms with Gasteiger partial charge in [-0.05, 0) is 19.1 Å². The lowest BCUT2D eigenvalue weighted by atomic mass is 10.3. The van der Waals surface area contributed by atoms with Crippen molar-refractivity contribution in [2.45, 2.75) is 20.0 Å². The molecule has 7 heteroatoms. The van der Waals surface area contributed by atoms with E-state index in [0.717, 1.165) is 23.3 Å². The van der Waals surface area contributed by atoms with E-state index in [1.807, 2.05) is 31.2 Å². The summed E-state index contributed by atoms with van der Waals surface area (Å²) in [6, 6.07) is 7.51. The van der Waals surface area contributed by atoms with Crippen molar-refractivity contribution in [3.63, 3.8) is 0 Å². The zero-order valence-electron chi connectivity index (χ0n) is 11.7. The van der Waals surface area contributed by atoms with Gasteiger partial charge in [0.15, 0.2) is 5.17 Å². The first kappa shape index (κ1) is 13.9. The molecule has 0 radical (unpaired) electrons. The van der Waals surface area contributed by atoms with E-state index in [4.69, 9.17) is 0 Å². The van der Waals surface area contributed by atoms with Gasteiger partial charge >= 0.3 is 5.69 Å². The van der Waals surface area contributed by atoms with Crippen LogP contribution in [0.3, 0.4) is 0 Å². The number of thioether (sulfide) groups is 1. The maximum atomic E-state index is 12.4. The summed E-state index contributed by atoms with van der Waals surface area (Å²) in [5.41, 5.74) is 1.47. The molecule has 0 atom stereocenters. The minimum absolute atomic E-state index is 0.00588. The Morgan fingerprint density at radius 2 is 2.05 bits per heavy atom. The topological polar surface area (TPSA) is 68.4 Å². The maximum Gasteiger partial charge on any atom is 0.329 e. The van der Waals surface area contributed by atoms with E-state index in [1.54, 1.807) is 4.57 Å². The highest BCUT2D eigenvalue weighted by Crippen LogP contribution is 2.13. The van der Waals surface area contributed by atoms with Crippen LogP contribution in [0, 0.1) is 0 Å². The number of hydrogen-bond acceptors (Lipinski definition) is 4. The molecule has 0 fully saturated rings. The lowest BCUT2D eigenvalue weighted by molar-refractivity contribution is -0.120. The van der Waals surface area contributed by atoms with Gasteiger partial charge in [-0.25, -0.2) is 4.79 Å². The standard InChI is InChI=1S/C14H16N4O2S/c1-2-17-10-5-3-4-6-11(10)18(14(17)20)9-12(19)16-13-15-7-8-21-13/h3-6H,2,7-9H2,1H3,(H,15,16,19). The van der Waals surface area contributed by atoms with Gasteiger partial charge in [-0.3, -0.25) is 18.9 Å². The van der Waals surface area contributed by atoms with Crippen LogP contribution in [0.25, 0.3) is 11.0 Å². The lowest BCUT2D eigenvalue weighted by Crippen LogP contribution is -2.34. The number of aromatic nitrogens is 2. The zero-order valence-corrected chi connectivity index (χ0v) is 12.5. The molecule has 0 saturated carbocycles. The average Bonchev–Trinajstić information content (AvgIpc) is 3.07. The van der Waals surface area contributed by atoms with Crippen molar-refractivity contribution in [1.82, 2.24) is 14.5 Å². The predicted octanol–water partition coefficient (Wildman–Crippen LogP) is 1.04. The van der Waals surface area contributed by atoms with Crippen LogP contribution in [-0.2, 0) is 17.9 Å². The first-order chi connectivity index (χ1) is 10.2. The number of fused-ring (bicyclic) bond motifs is 1. The molecule has 1 N–H and O–H groups in total. The number of hydrogen-bond donors (Lipinski definition) is 1. The third kappa shape index (κ3) is 2.61. The third-order valence-electron chi connectivity index (χ3n) is 3.37. The Hall–Kier alpha value is -2.02. The van der Waals surface area contributed by atoms with Crippen LogP contribution in [-0.4, -0.2) is 32.5 Å². The number of rotatable bonds is 3. The van der Waals surface area contributed by atoms with E-state index in [2.05, 4.69) is 10.3 Å². The maximum absolute atomic E-state index is 12.4. The number of imidazole rings is 1. The molecule has 0 spiro atoms. The highest BCUT2D eigenvalue weighted by Gasteiger charge is 2.16. The monoisotopic (exact) mass is 304 g/mol. The smallest absolute Gasteiger partial charge is 0.304 e. The number of benzene rings is 1. The van der Waals surface area contributed by atoms with Crippen LogP contribution in [0.15, 0.2) is 34.1 Å². The molecular formula is C14H16N4O2S. The summed E-state index contributed by atoms with van der Waals surface area (Å²) in [4.78, 5) is 28.7. The molecule has 1 aromatic heterocycles. The highest BCUT2D eigenvalue weighted by atomic mass is 32.2. The minimum Gasteiger partial charge on any atom is -0.304 e. The summed E-state index contributed by atoms with van der Waals surface area (Å²) in [6.07, 6.45) is 0. The van der Waals surface area contributed by atoms with E-state index in [1.165, 1.54) is 16.3 Å². The van der Waals surface area contributed by atoms with Crippen LogP contribution in [0.1, 0.15) is 6.92 Å². The molecule has 1 aliphatic heterocycles. The quantitative estimate of drug-likeness (QED) is 0.921. The molecule has 1 aromatic carbocycles. The number of carbonyl (C=O) groups excluding carboxylic acids is 1. The van der Waals surface area contributed by atoms with Gasteiger partial charge in [0.1, 0.15) is 6.54 Å². The van der Waals surface area contributed by atoms with Crippen molar-refractivity contribution in [3.05, 3.63) is 34.7 Å². The van der Waals surface area contributed by atoms with Crippen LogP contribution in [0.5, 0.6) is 0 Å². The summed E-state index contributed by atoms with van der Waals surface area (Å²) >= 11 is 1.52. The van der Waals surface area contributed by atoms with Gasteiger partial charge in [0.05, 0.1) is 17.6 Å². The summed E-state index contributed by atoms with van der Waals surface area (Å²) < 4.78 is 3.18. The van der Waals surface area contributed by atoms with Crippen molar-refractivity contribution < 1.29 is 4.79 Å². The predicted molar refractivity (Wildman–Crippen MR) is 84.8 cm³/mol. The molecule has 2 aromatic rings.